The summed E-state index contributed by atoms with van der Waals surface area (Å²) in [5.74, 6) is -0.578. The molecular weight excluding hydrogens is 334 g/mol. The summed E-state index contributed by atoms with van der Waals surface area (Å²) in [4.78, 5) is 22.9. The summed E-state index contributed by atoms with van der Waals surface area (Å²) in [6.45, 7) is 1.83. The predicted octanol–water partition coefficient (Wildman–Crippen LogP) is 3.45. The molecule has 24 heavy (non-hydrogen) atoms. The van der Waals surface area contributed by atoms with Gasteiger partial charge in [-0.25, -0.2) is 4.79 Å². The molecule has 0 aromatic heterocycles. The number of benzene rings is 2. The maximum atomic E-state index is 12.4. The fourth-order valence-corrected chi connectivity index (χ4v) is 2.11. The summed E-state index contributed by atoms with van der Waals surface area (Å²) in [5.41, 5.74) is 0.862. The van der Waals surface area contributed by atoms with Crippen molar-refractivity contribution in [2.75, 3.05) is 18.5 Å². The molecule has 0 spiro atoms. The van der Waals surface area contributed by atoms with Crippen LogP contribution in [0.5, 0.6) is 11.5 Å². The first kappa shape index (κ1) is 17.6. The molecule has 0 bridgehead atoms. The lowest BCUT2D eigenvalue weighted by atomic mass is 10.1. The molecule has 6 nitrogen and oxygen atoms in total. The van der Waals surface area contributed by atoms with Gasteiger partial charge in [-0.15, -0.1) is 0 Å². The SMILES string of the molecule is CCOc1ccc(Cl)cc1C(=O)Nc1ccc(OCC(=O)O)cc1. The second-order valence-corrected chi connectivity index (χ2v) is 5.17. The normalized spacial score (nSPS) is 10.1. The van der Waals surface area contributed by atoms with E-state index in [2.05, 4.69) is 5.32 Å². The van der Waals surface area contributed by atoms with Gasteiger partial charge in [0.15, 0.2) is 6.61 Å². The molecule has 126 valence electrons. The van der Waals surface area contributed by atoms with Crippen molar-refractivity contribution in [3.05, 3.63) is 53.1 Å². The van der Waals surface area contributed by atoms with Crippen molar-refractivity contribution in [2.24, 2.45) is 0 Å². The molecule has 0 aliphatic rings. The number of carboxylic acid groups (broad SMARTS) is 1. The highest BCUT2D eigenvalue weighted by Gasteiger charge is 2.13. The average Bonchev–Trinajstić information content (AvgIpc) is 2.56. The van der Waals surface area contributed by atoms with Crippen LogP contribution in [0.25, 0.3) is 0 Å². The smallest absolute Gasteiger partial charge is 0.341 e. The molecule has 0 aliphatic carbocycles. The van der Waals surface area contributed by atoms with Gasteiger partial charge in [-0.3, -0.25) is 4.79 Å². The molecule has 0 atom stereocenters. The number of hydrogen-bond acceptors (Lipinski definition) is 4. The van der Waals surface area contributed by atoms with E-state index >= 15 is 0 Å². The molecule has 2 rings (SSSR count). The van der Waals surface area contributed by atoms with E-state index in [0.717, 1.165) is 0 Å². The van der Waals surface area contributed by atoms with Gasteiger partial charge in [-0.1, -0.05) is 11.6 Å². The molecular formula is C17H16ClNO5. The van der Waals surface area contributed by atoms with E-state index in [1.54, 1.807) is 36.4 Å². The van der Waals surface area contributed by atoms with Crippen molar-refractivity contribution >= 4 is 29.2 Å². The first-order chi connectivity index (χ1) is 11.5. The van der Waals surface area contributed by atoms with Crippen LogP contribution in [0.1, 0.15) is 17.3 Å². The fraction of sp³-hybridized carbons (Fsp3) is 0.176. The van der Waals surface area contributed by atoms with Crippen LogP contribution in [-0.2, 0) is 4.79 Å². The average molecular weight is 350 g/mol. The van der Waals surface area contributed by atoms with E-state index in [4.69, 9.17) is 26.2 Å². The van der Waals surface area contributed by atoms with Gasteiger partial charge >= 0.3 is 5.97 Å². The fourth-order valence-electron chi connectivity index (χ4n) is 1.94. The maximum Gasteiger partial charge on any atom is 0.341 e. The summed E-state index contributed by atoms with van der Waals surface area (Å²) < 4.78 is 10.5. The van der Waals surface area contributed by atoms with Gasteiger partial charge in [0.1, 0.15) is 11.5 Å². The number of nitrogens with one attached hydrogen (secondary N) is 1. The minimum absolute atomic E-state index is 0.329. The van der Waals surface area contributed by atoms with Gasteiger partial charge in [-0.2, -0.15) is 0 Å². The van der Waals surface area contributed by atoms with Crippen LogP contribution in [0.3, 0.4) is 0 Å². The van der Waals surface area contributed by atoms with Crippen LogP contribution < -0.4 is 14.8 Å². The van der Waals surface area contributed by atoms with Crippen molar-refractivity contribution in [1.29, 1.82) is 0 Å². The number of aliphatic carboxylic acids is 1. The third-order valence-electron chi connectivity index (χ3n) is 2.96. The number of carboxylic acids is 1. The molecule has 1 amide bonds. The van der Waals surface area contributed by atoms with Crippen LogP contribution in [0, 0.1) is 0 Å². The van der Waals surface area contributed by atoms with Gasteiger partial charge in [0.25, 0.3) is 5.91 Å². The molecule has 0 radical (unpaired) electrons. The Labute approximate surface area is 144 Å². The zero-order chi connectivity index (χ0) is 17.5. The van der Waals surface area contributed by atoms with Crippen LogP contribution in [0.4, 0.5) is 5.69 Å². The van der Waals surface area contributed by atoms with Crippen LogP contribution in [-0.4, -0.2) is 30.2 Å². The third-order valence-corrected chi connectivity index (χ3v) is 3.20. The second kappa shape index (κ2) is 8.21. The molecule has 2 aromatic rings. The maximum absolute atomic E-state index is 12.4. The van der Waals surface area contributed by atoms with Crippen molar-refractivity contribution < 1.29 is 24.2 Å². The van der Waals surface area contributed by atoms with E-state index in [-0.39, 0.29) is 5.91 Å². The van der Waals surface area contributed by atoms with E-state index in [0.29, 0.717) is 34.4 Å². The van der Waals surface area contributed by atoms with Crippen molar-refractivity contribution in [1.82, 2.24) is 0 Å². The third kappa shape index (κ3) is 4.89. The summed E-state index contributed by atoms with van der Waals surface area (Å²) >= 11 is 5.95. The van der Waals surface area contributed by atoms with E-state index in [9.17, 15) is 9.59 Å². The molecule has 7 heteroatoms. The lowest BCUT2D eigenvalue weighted by molar-refractivity contribution is -0.139. The van der Waals surface area contributed by atoms with E-state index in [1.807, 2.05) is 6.92 Å². The van der Waals surface area contributed by atoms with Gasteiger partial charge in [-0.05, 0) is 49.4 Å². The molecule has 0 aliphatic heterocycles. The summed E-state index contributed by atoms with van der Waals surface area (Å²) in [6.07, 6.45) is 0. The highest BCUT2D eigenvalue weighted by molar-refractivity contribution is 6.31. The molecule has 0 saturated heterocycles. The predicted molar refractivity (Wildman–Crippen MR) is 90.1 cm³/mol. The largest absolute Gasteiger partial charge is 0.493 e. The lowest BCUT2D eigenvalue weighted by Gasteiger charge is -2.11. The Hall–Kier alpha value is -2.73. The topological polar surface area (TPSA) is 84.9 Å². The minimum atomic E-state index is -1.06. The van der Waals surface area contributed by atoms with Crippen molar-refractivity contribution in [2.45, 2.75) is 6.92 Å². The Bertz CT molecular complexity index is 730. The first-order valence-corrected chi connectivity index (χ1v) is 7.55. The Morgan fingerprint density at radius 3 is 2.46 bits per heavy atom. The van der Waals surface area contributed by atoms with E-state index in [1.165, 1.54) is 6.07 Å². The van der Waals surface area contributed by atoms with Gasteiger partial charge in [0, 0.05) is 10.7 Å². The molecule has 0 saturated carbocycles. The zero-order valence-electron chi connectivity index (χ0n) is 12.9. The Morgan fingerprint density at radius 2 is 1.83 bits per heavy atom. The second-order valence-electron chi connectivity index (χ2n) is 4.73. The Kier molecular flexibility index (Phi) is 6.03. The molecule has 2 aromatic carbocycles. The van der Waals surface area contributed by atoms with Gasteiger partial charge in [0.05, 0.1) is 12.2 Å². The van der Waals surface area contributed by atoms with Gasteiger partial charge < -0.3 is 19.9 Å². The summed E-state index contributed by atoms with van der Waals surface area (Å²) in [7, 11) is 0. The monoisotopic (exact) mass is 349 g/mol. The summed E-state index contributed by atoms with van der Waals surface area (Å²) in [6, 6.07) is 11.2. The van der Waals surface area contributed by atoms with Crippen LogP contribution >= 0.6 is 11.6 Å². The number of halogens is 1. The standard InChI is InChI=1S/C17H16ClNO5/c1-2-23-15-8-3-11(18)9-14(15)17(22)19-12-4-6-13(7-5-12)24-10-16(20)21/h3-9H,2,10H2,1H3,(H,19,22)(H,20,21). The molecule has 2 N–H and O–H groups in total. The Morgan fingerprint density at radius 1 is 1.12 bits per heavy atom. The number of hydrogen-bond donors (Lipinski definition) is 2. The van der Waals surface area contributed by atoms with Crippen LogP contribution in [0.2, 0.25) is 5.02 Å². The quantitative estimate of drug-likeness (QED) is 0.799. The number of ether oxygens (including phenoxy) is 2. The zero-order valence-corrected chi connectivity index (χ0v) is 13.7. The number of amides is 1. The minimum Gasteiger partial charge on any atom is -0.493 e. The highest BCUT2D eigenvalue weighted by Crippen LogP contribution is 2.24. The number of carbonyl (C=O) groups excluding carboxylic acids is 1. The number of rotatable bonds is 7. The number of carbonyl (C=O) groups is 2. The number of anilines is 1. The van der Waals surface area contributed by atoms with Crippen LogP contribution in [0.15, 0.2) is 42.5 Å². The van der Waals surface area contributed by atoms with Gasteiger partial charge in [0.2, 0.25) is 0 Å². The molecule has 0 unspecified atom stereocenters. The van der Waals surface area contributed by atoms with Crippen molar-refractivity contribution in [3.63, 3.8) is 0 Å². The Balaban J connectivity index is 2.09. The highest BCUT2D eigenvalue weighted by atomic mass is 35.5. The first-order valence-electron chi connectivity index (χ1n) is 7.18. The molecule has 0 heterocycles. The van der Waals surface area contributed by atoms with E-state index < -0.39 is 12.6 Å². The molecule has 0 fully saturated rings. The van der Waals surface area contributed by atoms with Crippen molar-refractivity contribution in [3.8, 4) is 11.5 Å². The summed E-state index contributed by atoms with van der Waals surface area (Å²) in [5, 5.41) is 11.7. The lowest BCUT2D eigenvalue weighted by Crippen LogP contribution is -2.14.